The Morgan fingerprint density at radius 2 is 1.85 bits per heavy atom. The Bertz CT molecular complexity index is 594. The van der Waals surface area contributed by atoms with Gasteiger partial charge in [0.2, 0.25) is 6.29 Å². The second-order valence-electron chi connectivity index (χ2n) is 7.41. The summed E-state index contributed by atoms with van der Waals surface area (Å²) in [6, 6.07) is 0. The van der Waals surface area contributed by atoms with Gasteiger partial charge in [-0.1, -0.05) is 6.42 Å². The molecule has 0 aromatic rings. The van der Waals surface area contributed by atoms with Gasteiger partial charge in [-0.2, -0.15) is 0 Å². The maximum absolute atomic E-state index is 14.2. The molecular formula is C17H24FNO7. The molecule has 1 unspecified atom stereocenters. The van der Waals surface area contributed by atoms with Crippen molar-refractivity contribution in [3.05, 3.63) is 0 Å². The summed E-state index contributed by atoms with van der Waals surface area (Å²) in [5.41, 5.74) is 3.87. The van der Waals surface area contributed by atoms with Gasteiger partial charge in [0.15, 0.2) is 0 Å². The van der Waals surface area contributed by atoms with E-state index in [9.17, 15) is 18.8 Å². The summed E-state index contributed by atoms with van der Waals surface area (Å²) in [5.74, 6) is -4.31. The van der Waals surface area contributed by atoms with E-state index in [1.807, 2.05) is 0 Å². The number of ether oxygens (including phenoxy) is 3. The second kappa shape index (κ2) is 7.02. The predicted molar refractivity (Wildman–Crippen MR) is 84.5 cm³/mol. The van der Waals surface area contributed by atoms with Gasteiger partial charge in [-0.05, 0) is 38.0 Å². The van der Waals surface area contributed by atoms with E-state index < -0.39 is 53.8 Å². The van der Waals surface area contributed by atoms with E-state index in [0.717, 1.165) is 32.1 Å². The minimum Gasteiger partial charge on any atom is -0.481 e. The van der Waals surface area contributed by atoms with Crippen LogP contribution in [0.25, 0.3) is 0 Å². The number of carbonyl (C=O) groups excluding carboxylic acids is 2. The number of esters is 1. The number of carboxylic acids is 1. The molecule has 3 N–H and O–H groups in total. The Hall–Kier alpha value is -1.90. The highest BCUT2D eigenvalue weighted by Gasteiger charge is 2.75. The summed E-state index contributed by atoms with van der Waals surface area (Å²) in [7, 11) is 0. The summed E-state index contributed by atoms with van der Waals surface area (Å²) in [5, 5.41) is 9.10. The van der Waals surface area contributed by atoms with E-state index in [-0.39, 0.29) is 12.5 Å². The zero-order valence-electron chi connectivity index (χ0n) is 14.6. The van der Waals surface area contributed by atoms with Crippen molar-refractivity contribution in [1.82, 2.24) is 0 Å². The zero-order valence-corrected chi connectivity index (χ0v) is 14.6. The molecule has 26 heavy (non-hydrogen) atoms. The lowest BCUT2D eigenvalue weighted by atomic mass is 9.90. The van der Waals surface area contributed by atoms with Crippen LogP contribution in [0.5, 0.6) is 0 Å². The van der Waals surface area contributed by atoms with E-state index in [0.29, 0.717) is 0 Å². The first-order valence-electron chi connectivity index (χ1n) is 8.99. The van der Waals surface area contributed by atoms with Gasteiger partial charge in [0, 0.05) is 12.8 Å². The largest absolute Gasteiger partial charge is 0.511 e. The van der Waals surface area contributed by atoms with Crippen molar-refractivity contribution < 1.29 is 38.1 Å². The molecule has 0 aliphatic heterocycles. The molecule has 3 fully saturated rings. The van der Waals surface area contributed by atoms with Gasteiger partial charge in [-0.25, -0.2) is 14.0 Å². The predicted octanol–water partition coefficient (Wildman–Crippen LogP) is 1.75. The topological polar surface area (TPSA) is 125 Å². The Kier molecular flexibility index (Phi) is 5.09. The van der Waals surface area contributed by atoms with Crippen LogP contribution in [0, 0.1) is 17.8 Å². The summed E-state index contributed by atoms with van der Waals surface area (Å²) >= 11 is 0. The molecule has 0 amide bonds. The van der Waals surface area contributed by atoms with Crippen molar-refractivity contribution >= 4 is 18.1 Å². The number of hydrogen-bond acceptors (Lipinski definition) is 7. The van der Waals surface area contributed by atoms with E-state index in [4.69, 9.17) is 25.1 Å². The molecule has 3 aliphatic rings. The number of halogens is 1. The van der Waals surface area contributed by atoms with Crippen LogP contribution in [0.1, 0.15) is 45.4 Å². The molecule has 0 bridgehead atoms. The third-order valence-electron chi connectivity index (χ3n) is 5.71. The molecule has 3 saturated carbocycles. The van der Waals surface area contributed by atoms with Crippen molar-refractivity contribution in [1.29, 1.82) is 0 Å². The highest BCUT2D eigenvalue weighted by Crippen LogP contribution is 2.62. The van der Waals surface area contributed by atoms with Crippen LogP contribution >= 0.6 is 0 Å². The average molecular weight is 373 g/mol. The minimum atomic E-state index is -2.03. The Morgan fingerprint density at radius 3 is 2.46 bits per heavy atom. The maximum Gasteiger partial charge on any atom is 0.511 e. The van der Waals surface area contributed by atoms with E-state index >= 15 is 0 Å². The monoisotopic (exact) mass is 373 g/mol. The molecule has 0 aromatic carbocycles. The first-order chi connectivity index (χ1) is 12.2. The Morgan fingerprint density at radius 1 is 1.19 bits per heavy atom. The van der Waals surface area contributed by atoms with Gasteiger partial charge in [-0.15, -0.1) is 0 Å². The number of aliphatic carboxylic acids is 1. The molecule has 3 aliphatic carbocycles. The van der Waals surface area contributed by atoms with Gasteiger partial charge >= 0.3 is 18.1 Å². The van der Waals surface area contributed by atoms with Gasteiger partial charge < -0.3 is 25.1 Å². The number of nitrogens with two attached hydrogens (primary N) is 1. The van der Waals surface area contributed by atoms with Gasteiger partial charge in [0.05, 0.1) is 5.92 Å². The first kappa shape index (κ1) is 18.9. The molecule has 0 radical (unpaired) electrons. The van der Waals surface area contributed by atoms with E-state index in [1.54, 1.807) is 0 Å². The quantitative estimate of drug-likeness (QED) is 0.551. The molecule has 0 saturated heterocycles. The van der Waals surface area contributed by atoms with Crippen LogP contribution < -0.4 is 5.73 Å². The van der Waals surface area contributed by atoms with Crippen LogP contribution in [0.4, 0.5) is 9.18 Å². The van der Waals surface area contributed by atoms with Crippen LogP contribution in [0.3, 0.4) is 0 Å². The molecule has 9 heteroatoms. The van der Waals surface area contributed by atoms with E-state index in [1.165, 1.54) is 6.92 Å². The fraction of sp³-hybridized carbons (Fsp3) is 0.824. The number of alkyl halides is 1. The molecule has 0 aromatic heterocycles. The van der Waals surface area contributed by atoms with Crippen LogP contribution in [0.2, 0.25) is 0 Å². The summed E-state index contributed by atoms with van der Waals surface area (Å²) in [4.78, 5) is 35.2. The summed E-state index contributed by atoms with van der Waals surface area (Å²) in [6.45, 7) is 1.30. The molecular weight excluding hydrogens is 349 g/mol. The molecule has 3 rings (SSSR count). The van der Waals surface area contributed by atoms with Gasteiger partial charge in [-0.3, -0.25) is 4.79 Å². The smallest absolute Gasteiger partial charge is 0.481 e. The number of hydrogen-bond donors (Lipinski definition) is 2. The summed E-state index contributed by atoms with van der Waals surface area (Å²) < 4.78 is 29.2. The maximum atomic E-state index is 14.2. The van der Waals surface area contributed by atoms with Gasteiger partial charge in [0.1, 0.15) is 17.8 Å². The van der Waals surface area contributed by atoms with Gasteiger partial charge in [0.25, 0.3) is 0 Å². The Balaban J connectivity index is 1.52. The van der Waals surface area contributed by atoms with Crippen molar-refractivity contribution in [2.45, 2.75) is 69.6 Å². The van der Waals surface area contributed by atoms with Crippen molar-refractivity contribution in [3.8, 4) is 0 Å². The summed E-state index contributed by atoms with van der Waals surface area (Å²) in [6.07, 6.45) is 0.309. The minimum absolute atomic E-state index is 0.0911. The number of fused-ring (bicyclic) bond motifs is 1. The molecule has 6 atom stereocenters. The third kappa shape index (κ3) is 3.36. The lowest BCUT2D eigenvalue weighted by Crippen LogP contribution is -2.58. The van der Waals surface area contributed by atoms with Crippen molar-refractivity contribution in [3.63, 3.8) is 0 Å². The normalized spacial score (nSPS) is 37.3. The zero-order chi connectivity index (χ0) is 19.1. The SMILES string of the molecule is CC(OC(=O)OC1CCCCC1)OC(=O)[C@@]1(N)[C@H]2[C@@H](C[C@@H]1F)[C@@H]2C(=O)O. The second-order valence-corrected chi connectivity index (χ2v) is 7.41. The first-order valence-corrected chi connectivity index (χ1v) is 8.99. The fourth-order valence-corrected chi connectivity index (χ4v) is 4.32. The standard InChI is InChI=1S/C17H24FNO7/c1-8(25-16(23)26-9-5-3-2-4-6-9)24-15(22)17(19)11(18)7-10-12(13(10)17)14(20)21/h8-13H,2-7,19H2,1H3,(H,20,21)/t8?,10-,11-,12-,13-,17-/m0/s1. The lowest BCUT2D eigenvalue weighted by molar-refractivity contribution is -0.178. The van der Waals surface area contributed by atoms with Crippen molar-refractivity contribution in [2.24, 2.45) is 23.5 Å². The number of rotatable bonds is 5. The molecule has 0 spiro atoms. The third-order valence-corrected chi connectivity index (χ3v) is 5.71. The molecule has 8 nitrogen and oxygen atoms in total. The number of carbonyl (C=O) groups is 3. The number of carboxylic acid groups (broad SMARTS) is 1. The van der Waals surface area contributed by atoms with E-state index in [2.05, 4.69) is 0 Å². The van der Waals surface area contributed by atoms with Crippen LogP contribution in [0.15, 0.2) is 0 Å². The van der Waals surface area contributed by atoms with Crippen molar-refractivity contribution in [2.75, 3.05) is 0 Å². The van der Waals surface area contributed by atoms with Crippen LogP contribution in [-0.4, -0.2) is 47.3 Å². The fourth-order valence-electron chi connectivity index (χ4n) is 4.32. The Labute approximate surface area is 150 Å². The lowest BCUT2D eigenvalue weighted by Gasteiger charge is -2.29. The highest BCUT2D eigenvalue weighted by molar-refractivity contribution is 5.87. The average Bonchev–Trinajstić information content (AvgIpc) is 3.22. The molecule has 146 valence electrons. The highest BCUT2D eigenvalue weighted by atomic mass is 19.1. The molecule has 0 heterocycles. The van der Waals surface area contributed by atoms with Crippen LogP contribution in [-0.2, 0) is 23.8 Å².